The number of hydrogen-bond acceptors (Lipinski definition) is 5. The number of imidazole rings is 1. The van der Waals surface area contributed by atoms with Crippen molar-refractivity contribution in [3.63, 3.8) is 0 Å². The van der Waals surface area contributed by atoms with Crippen LogP contribution in [0, 0.1) is 10.1 Å². The maximum absolute atomic E-state index is 12.1. The van der Waals surface area contributed by atoms with E-state index in [1.165, 1.54) is 17.8 Å². The summed E-state index contributed by atoms with van der Waals surface area (Å²) in [6, 6.07) is 7.22. The smallest absolute Gasteiger partial charge is 0.378 e. The van der Waals surface area contributed by atoms with Gasteiger partial charge in [0.25, 0.3) is 0 Å². The van der Waals surface area contributed by atoms with Crippen molar-refractivity contribution in [2.75, 3.05) is 24.3 Å². The van der Waals surface area contributed by atoms with Gasteiger partial charge in [-0.1, -0.05) is 0 Å². The van der Waals surface area contributed by atoms with Gasteiger partial charge in [0.15, 0.2) is 0 Å². The molecule has 21 heavy (non-hydrogen) atoms. The van der Waals surface area contributed by atoms with Crippen LogP contribution in [0.3, 0.4) is 0 Å². The highest BCUT2D eigenvalue weighted by atomic mass is 16.6. The maximum Gasteiger partial charge on any atom is 0.382 e. The van der Waals surface area contributed by atoms with E-state index < -0.39 is 10.8 Å². The summed E-state index contributed by atoms with van der Waals surface area (Å²) in [5.74, 6) is -0.868. The van der Waals surface area contributed by atoms with Crippen molar-refractivity contribution in [2.45, 2.75) is 0 Å². The highest BCUT2D eigenvalue weighted by molar-refractivity contribution is 6.02. The molecule has 2 rings (SSSR count). The number of hydrogen-bond donors (Lipinski definition) is 1. The summed E-state index contributed by atoms with van der Waals surface area (Å²) in [5, 5.41) is 13.3. The summed E-state index contributed by atoms with van der Waals surface area (Å²) >= 11 is 0. The average molecular weight is 289 g/mol. The quantitative estimate of drug-likeness (QED) is 0.682. The van der Waals surface area contributed by atoms with E-state index in [-0.39, 0.29) is 11.6 Å². The van der Waals surface area contributed by atoms with E-state index in [4.69, 9.17) is 0 Å². The number of rotatable bonds is 4. The Bertz CT molecular complexity index is 676. The van der Waals surface area contributed by atoms with Gasteiger partial charge in [-0.2, -0.15) is 0 Å². The molecule has 0 aliphatic rings. The number of anilines is 2. The lowest BCUT2D eigenvalue weighted by Crippen LogP contribution is -2.17. The first kappa shape index (κ1) is 14.5. The SMILES string of the molecule is CN(C)c1ccc(NC(=O)c2nc([N+](=O)[O-])cn2C)cc1. The fourth-order valence-electron chi connectivity index (χ4n) is 1.78. The normalized spacial score (nSPS) is 10.2. The maximum atomic E-state index is 12.1. The van der Waals surface area contributed by atoms with Gasteiger partial charge in [-0.05, 0) is 34.2 Å². The van der Waals surface area contributed by atoms with E-state index in [9.17, 15) is 14.9 Å². The van der Waals surface area contributed by atoms with Gasteiger partial charge < -0.3 is 24.9 Å². The Labute approximate surface area is 121 Å². The van der Waals surface area contributed by atoms with Crippen molar-refractivity contribution in [1.29, 1.82) is 0 Å². The molecule has 0 spiro atoms. The summed E-state index contributed by atoms with van der Waals surface area (Å²) in [5.41, 5.74) is 1.59. The minimum Gasteiger partial charge on any atom is -0.378 e. The fraction of sp³-hybridized carbons (Fsp3) is 0.231. The molecule has 8 heteroatoms. The zero-order valence-electron chi connectivity index (χ0n) is 11.9. The predicted molar refractivity (Wildman–Crippen MR) is 78.6 cm³/mol. The van der Waals surface area contributed by atoms with Crippen LogP contribution in [0.2, 0.25) is 0 Å². The first-order chi connectivity index (χ1) is 9.88. The van der Waals surface area contributed by atoms with Crippen molar-refractivity contribution >= 4 is 23.1 Å². The third kappa shape index (κ3) is 3.16. The Morgan fingerprint density at radius 3 is 2.43 bits per heavy atom. The van der Waals surface area contributed by atoms with Gasteiger partial charge in [0.1, 0.15) is 6.20 Å². The summed E-state index contributed by atoms with van der Waals surface area (Å²) in [6.45, 7) is 0. The van der Waals surface area contributed by atoms with Crippen LogP contribution >= 0.6 is 0 Å². The zero-order valence-corrected chi connectivity index (χ0v) is 11.9. The minimum atomic E-state index is -0.636. The first-order valence-corrected chi connectivity index (χ1v) is 6.15. The monoisotopic (exact) mass is 289 g/mol. The van der Waals surface area contributed by atoms with Crippen LogP contribution in [0.1, 0.15) is 10.6 Å². The second-order valence-corrected chi connectivity index (χ2v) is 4.69. The number of aromatic nitrogens is 2. The van der Waals surface area contributed by atoms with E-state index in [0.717, 1.165) is 5.69 Å². The highest BCUT2D eigenvalue weighted by Gasteiger charge is 2.23. The molecule has 110 valence electrons. The van der Waals surface area contributed by atoms with Crippen LogP contribution in [0.4, 0.5) is 17.2 Å². The third-order valence-corrected chi connectivity index (χ3v) is 2.90. The molecule has 0 aliphatic carbocycles. The highest BCUT2D eigenvalue weighted by Crippen LogP contribution is 2.17. The number of nitrogens with zero attached hydrogens (tertiary/aromatic N) is 4. The molecule has 0 unspecified atom stereocenters. The van der Waals surface area contributed by atoms with Crippen LogP contribution in [0.5, 0.6) is 0 Å². The van der Waals surface area contributed by atoms with E-state index in [1.807, 2.05) is 31.1 Å². The number of carbonyl (C=O) groups excluding carboxylic acids is 1. The number of nitro groups is 1. The molecule has 1 aromatic carbocycles. The molecule has 8 nitrogen and oxygen atoms in total. The van der Waals surface area contributed by atoms with Crippen LogP contribution in [0.15, 0.2) is 30.5 Å². The summed E-state index contributed by atoms with van der Waals surface area (Å²) in [4.78, 5) is 27.7. The Hall–Kier alpha value is -2.90. The molecular formula is C13H15N5O3. The van der Waals surface area contributed by atoms with Crippen LogP contribution in [-0.4, -0.2) is 34.5 Å². The van der Waals surface area contributed by atoms with Crippen molar-refractivity contribution in [3.8, 4) is 0 Å². The Morgan fingerprint density at radius 2 is 1.95 bits per heavy atom. The number of benzene rings is 1. The van der Waals surface area contributed by atoms with Crippen molar-refractivity contribution in [2.24, 2.45) is 7.05 Å². The van der Waals surface area contributed by atoms with Crippen molar-refractivity contribution in [3.05, 3.63) is 46.4 Å². The predicted octanol–water partition coefficient (Wildman–Crippen LogP) is 1.65. The number of nitrogens with one attached hydrogen (secondary N) is 1. The largest absolute Gasteiger partial charge is 0.382 e. The van der Waals surface area contributed by atoms with E-state index >= 15 is 0 Å². The molecule has 0 saturated carbocycles. The van der Waals surface area contributed by atoms with Crippen LogP contribution in [0.25, 0.3) is 0 Å². The van der Waals surface area contributed by atoms with Gasteiger partial charge in [0.2, 0.25) is 0 Å². The molecule has 0 radical (unpaired) electrons. The average Bonchev–Trinajstić information content (AvgIpc) is 2.81. The lowest BCUT2D eigenvalue weighted by molar-refractivity contribution is -0.389. The lowest BCUT2D eigenvalue weighted by Gasteiger charge is -2.12. The molecule has 0 bridgehead atoms. The molecule has 0 fully saturated rings. The van der Waals surface area contributed by atoms with Crippen LogP contribution in [-0.2, 0) is 7.05 Å². The summed E-state index contributed by atoms with van der Waals surface area (Å²) in [7, 11) is 5.37. The number of carbonyl (C=O) groups is 1. The molecule has 1 amide bonds. The van der Waals surface area contributed by atoms with Gasteiger partial charge in [-0.25, -0.2) is 0 Å². The van der Waals surface area contributed by atoms with Crippen molar-refractivity contribution < 1.29 is 9.72 Å². The minimum absolute atomic E-state index is 0.0154. The first-order valence-electron chi connectivity index (χ1n) is 6.15. The van der Waals surface area contributed by atoms with E-state index in [1.54, 1.807) is 12.1 Å². The van der Waals surface area contributed by atoms with Gasteiger partial charge in [0.05, 0.1) is 0 Å². The van der Waals surface area contributed by atoms with E-state index in [2.05, 4.69) is 10.3 Å². The Morgan fingerprint density at radius 1 is 1.33 bits per heavy atom. The fourth-order valence-corrected chi connectivity index (χ4v) is 1.78. The molecule has 1 N–H and O–H groups in total. The van der Waals surface area contributed by atoms with Gasteiger partial charge in [-0.15, -0.1) is 0 Å². The third-order valence-electron chi connectivity index (χ3n) is 2.90. The van der Waals surface area contributed by atoms with Gasteiger partial charge in [-0.3, -0.25) is 4.79 Å². The molecule has 1 heterocycles. The lowest BCUT2D eigenvalue weighted by atomic mass is 10.2. The molecule has 0 atom stereocenters. The van der Waals surface area contributed by atoms with Gasteiger partial charge in [0, 0.05) is 32.5 Å². The van der Waals surface area contributed by atoms with E-state index in [0.29, 0.717) is 5.69 Å². The second-order valence-electron chi connectivity index (χ2n) is 4.69. The molecule has 1 aromatic heterocycles. The molecule has 0 aliphatic heterocycles. The summed E-state index contributed by atoms with van der Waals surface area (Å²) < 4.78 is 1.32. The Kier molecular flexibility index (Phi) is 3.88. The topological polar surface area (TPSA) is 93.3 Å². The second kappa shape index (κ2) is 5.61. The molecular weight excluding hydrogens is 274 g/mol. The standard InChI is InChI=1S/C13H15N5O3/c1-16(2)10-6-4-9(5-7-10)14-13(19)12-15-11(18(20)21)8-17(12)3/h4-8H,1-3H3,(H,14,19). The van der Waals surface area contributed by atoms with Crippen molar-refractivity contribution in [1.82, 2.24) is 9.55 Å². The summed E-state index contributed by atoms with van der Waals surface area (Å²) in [6.07, 6.45) is 1.20. The number of amides is 1. The molecule has 0 saturated heterocycles. The Balaban J connectivity index is 2.16. The zero-order chi connectivity index (χ0) is 15.6. The van der Waals surface area contributed by atoms with Gasteiger partial charge >= 0.3 is 17.5 Å². The van der Waals surface area contributed by atoms with Crippen LogP contribution < -0.4 is 10.2 Å². The molecule has 2 aromatic rings. The number of aryl methyl sites for hydroxylation is 1.